The van der Waals surface area contributed by atoms with Gasteiger partial charge >= 0.3 is 0 Å². The van der Waals surface area contributed by atoms with Crippen molar-refractivity contribution < 1.29 is 4.74 Å². The Morgan fingerprint density at radius 3 is 1.96 bits per heavy atom. The van der Waals surface area contributed by atoms with E-state index < -0.39 is 0 Å². The van der Waals surface area contributed by atoms with Crippen LogP contribution in [-0.2, 0) is 4.74 Å². The molecule has 0 aromatic rings. The summed E-state index contributed by atoms with van der Waals surface area (Å²) in [5.41, 5.74) is 0.247. The minimum atomic E-state index is 0.247. The van der Waals surface area contributed by atoms with Gasteiger partial charge in [-0.05, 0) is 69.6 Å². The molecule has 0 aromatic heterocycles. The molecule has 0 saturated heterocycles. The van der Waals surface area contributed by atoms with E-state index in [0.717, 1.165) is 24.4 Å². The van der Waals surface area contributed by atoms with Gasteiger partial charge < -0.3 is 4.74 Å². The molecule has 25 heavy (non-hydrogen) atoms. The number of hydrogen-bond acceptors (Lipinski definition) is 1. The Kier molecular flexibility index (Phi) is 9.89. The molecule has 2 saturated carbocycles. The second kappa shape index (κ2) is 11.6. The lowest BCUT2D eigenvalue weighted by atomic mass is 9.67. The maximum Gasteiger partial charge on any atom is 0.0682 e. The second-order valence-electron chi connectivity index (χ2n) is 9.19. The number of ether oxygens (including phenoxy) is 1. The summed E-state index contributed by atoms with van der Waals surface area (Å²) in [4.78, 5) is 0. The Morgan fingerprint density at radius 2 is 1.36 bits per heavy atom. The third-order valence-electron chi connectivity index (χ3n) is 7.40. The van der Waals surface area contributed by atoms with Crippen molar-refractivity contribution in [1.82, 2.24) is 0 Å². The molecular weight excluding hydrogens is 304 g/mol. The zero-order valence-corrected chi connectivity index (χ0v) is 17.7. The van der Waals surface area contributed by atoms with Crippen LogP contribution in [0.15, 0.2) is 0 Å². The number of hydrogen-bond donors (Lipinski definition) is 0. The molecular formula is C24H46O. The lowest BCUT2D eigenvalue weighted by molar-refractivity contribution is -0.0855. The largest absolute Gasteiger partial charge is 0.375 e. The monoisotopic (exact) mass is 350 g/mol. The minimum absolute atomic E-state index is 0.247. The van der Waals surface area contributed by atoms with Gasteiger partial charge in [-0.25, -0.2) is 0 Å². The molecule has 0 amide bonds. The van der Waals surface area contributed by atoms with E-state index in [9.17, 15) is 0 Å². The number of rotatable bonds is 11. The summed E-state index contributed by atoms with van der Waals surface area (Å²) >= 11 is 0. The van der Waals surface area contributed by atoms with Gasteiger partial charge in [0.25, 0.3) is 0 Å². The Labute approximate surface area is 158 Å². The predicted octanol–water partition coefficient (Wildman–Crippen LogP) is 7.92. The van der Waals surface area contributed by atoms with E-state index in [1.807, 2.05) is 0 Å². The first-order valence-corrected chi connectivity index (χ1v) is 11.9. The van der Waals surface area contributed by atoms with Gasteiger partial charge in [0.2, 0.25) is 0 Å². The van der Waals surface area contributed by atoms with Crippen LogP contribution in [-0.4, -0.2) is 12.2 Å². The Bertz CT molecular complexity index is 321. The third kappa shape index (κ3) is 6.89. The molecule has 0 unspecified atom stereocenters. The van der Waals surface area contributed by atoms with Crippen molar-refractivity contribution in [3.63, 3.8) is 0 Å². The fourth-order valence-electron chi connectivity index (χ4n) is 5.73. The van der Waals surface area contributed by atoms with E-state index in [0.29, 0.717) is 0 Å². The van der Waals surface area contributed by atoms with E-state index in [1.165, 1.54) is 103 Å². The Balaban J connectivity index is 1.73. The van der Waals surface area contributed by atoms with Crippen molar-refractivity contribution in [3.8, 4) is 0 Å². The summed E-state index contributed by atoms with van der Waals surface area (Å²) in [6, 6.07) is 0. The summed E-state index contributed by atoms with van der Waals surface area (Å²) in [5, 5.41) is 0. The summed E-state index contributed by atoms with van der Waals surface area (Å²) in [6.07, 6.45) is 22.8. The van der Waals surface area contributed by atoms with Gasteiger partial charge in [0.15, 0.2) is 0 Å². The highest BCUT2D eigenvalue weighted by molar-refractivity contribution is 4.90. The summed E-state index contributed by atoms with van der Waals surface area (Å²) in [5.74, 6) is 3.11. The molecule has 2 aliphatic rings. The van der Waals surface area contributed by atoms with Crippen LogP contribution < -0.4 is 0 Å². The van der Waals surface area contributed by atoms with Crippen LogP contribution in [0.25, 0.3) is 0 Å². The van der Waals surface area contributed by atoms with Gasteiger partial charge in [0.1, 0.15) is 0 Å². The van der Waals surface area contributed by atoms with Gasteiger partial charge in [0.05, 0.1) is 5.60 Å². The van der Waals surface area contributed by atoms with E-state index in [1.54, 1.807) is 0 Å². The first-order chi connectivity index (χ1) is 12.2. The van der Waals surface area contributed by atoms with Crippen LogP contribution >= 0.6 is 0 Å². The summed E-state index contributed by atoms with van der Waals surface area (Å²) < 4.78 is 6.35. The maximum absolute atomic E-state index is 6.35. The molecule has 2 aliphatic carbocycles. The van der Waals surface area contributed by atoms with Crippen molar-refractivity contribution in [2.24, 2.45) is 17.8 Å². The zero-order chi connectivity index (χ0) is 18.0. The molecule has 0 bridgehead atoms. The zero-order valence-electron chi connectivity index (χ0n) is 17.7. The summed E-state index contributed by atoms with van der Waals surface area (Å²) in [6.45, 7) is 7.74. The topological polar surface area (TPSA) is 9.23 Å². The van der Waals surface area contributed by atoms with Crippen LogP contribution in [0.1, 0.15) is 124 Å². The highest BCUT2D eigenvalue weighted by Crippen LogP contribution is 2.45. The molecule has 0 aromatic carbocycles. The van der Waals surface area contributed by atoms with Crippen LogP contribution in [0.3, 0.4) is 0 Å². The molecule has 0 spiro atoms. The van der Waals surface area contributed by atoms with Crippen LogP contribution in [0.5, 0.6) is 0 Å². The lowest BCUT2D eigenvalue weighted by Gasteiger charge is -2.44. The maximum atomic E-state index is 6.35. The average molecular weight is 351 g/mol. The van der Waals surface area contributed by atoms with Crippen LogP contribution in [0, 0.1) is 17.8 Å². The normalized spacial score (nSPS) is 33.5. The molecule has 0 aliphatic heterocycles. The summed E-state index contributed by atoms with van der Waals surface area (Å²) in [7, 11) is 0. The third-order valence-corrected chi connectivity index (χ3v) is 7.40. The first kappa shape index (κ1) is 21.3. The van der Waals surface area contributed by atoms with Crippen LogP contribution in [0.2, 0.25) is 0 Å². The van der Waals surface area contributed by atoms with Gasteiger partial charge in [-0.2, -0.15) is 0 Å². The van der Waals surface area contributed by atoms with E-state index in [2.05, 4.69) is 20.8 Å². The molecule has 0 radical (unpaired) electrons. The molecule has 1 heteroatoms. The minimum Gasteiger partial charge on any atom is -0.375 e. The SMILES string of the molecule is CCCCCC[C@]1(OCC)CC[C@@H](C2CCC(CCCC)CC2)CC1. The molecule has 0 atom stereocenters. The van der Waals surface area contributed by atoms with E-state index in [-0.39, 0.29) is 5.60 Å². The van der Waals surface area contributed by atoms with Gasteiger partial charge in [-0.1, -0.05) is 71.6 Å². The van der Waals surface area contributed by atoms with Gasteiger partial charge in [-0.15, -0.1) is 0 Å². The fourth-order valence-corrected chi connectivity index (χ4v) is 5.73. The standard InChI is InChI=1S/C24H46O/c1-4-7-9-10-18-24(25-6-3)19-16-23(17-20-24)22-14-12-21(13-15-22)11-8-5-2/h21-23H,4-20H2,1-3H3/t21?,22?,23-,24+. The molecule has 2 rings (SSSR count). The number of unbranched alkanes of at least 4 members (excludes halogenated alkanes) is 4. The predicted molar refractivity (Wildman–Crippen MR) is 110 cm³/mol. The first-order valence-electron chi connectivity index (χ1n) is 11.9. The van der Waals surface area contributed by atoms with Crippen molar-refractivity contribution in [2.45, 2.75) is 129 Å². The van der Waals surface area contributed by atoms with E-state index >= 15 is 0 Å². The molecule has 148 valence electrons. The lowest BCUT2D eigenvalue weighted by Crippen LogP contribution is -2.39. The van der Waals surface area contributed by atoms with Gasteiger partial charge in [-0.3, -0.25) is 0 Å². The van der Waals surface area contributed by atoms with E-state index in [4.69, 9.17) is 4.74 Å². The highest BCUT2D eigenvalue weighted by atomic mass is 16.5. The molecule has 2 fully saturated rings. The van der Waals surface area contributed by atoms with Crippen molar-refractivity contribution in [1.29, 1.82) is 0 Å². The molecule has 0 N–H and O–H groups in total. The van der Waals surface area contributed by atoms with Crippen molar-refractivity contribution >= 4 is 0 Å². The fraction of sp³-hybridized carbons (Fsp3) is 1.00. The quantitative estimate of drug-likeness (QED) is 0.344. The average Bonchev–Trinajstić information content (AvgIpc) is 2.65. The van der Waals surface area contributed by atoms with Crippen molar-refractivity contribution in [2.75, 3.05) is 6.61 Å². The Morgan fingerprint density at radius 1 is 0.720 bits per heavy atom. The smallest absolute Gasteiger partial charge is 0.0682 e. The molecule has 1 nitrogen and oxygen atoms in total. The second-order valence-corrected chi connectivity index (χ2v) is 9.19. The Hall–Kier alpha value is -0.0400. The van der Waals surface area contributed by atoms with Crippen LogP contribution in [0.4, 0.5) is 0 Å². The van der Waals surface area contributed by atoms with Gasteiger partial charge in [0, 0.05) is 6.61 Å². The molecule has 0 heterocycles. The highest BCUT2D eigenvalue weighted by Gasteiger charge is 2.38. The van der Waals surface area contributed by atoms with Crippen molar-refractivity contribution in [3.05, 3.63) is 0 Å².